The van der Waals surface area contributed by atoms with E-state index < -0.39 is 11.7 Å². The van der Waals surface area contributed by atoms with Crippen molar-refractivity contribution in [1.82, 2.24) is 4.90 Å². The van der Waals surface area contributed by atoms with Crippen LogP contribution in [-0.2, 0) is 16.1 Å². The van der Waals surface area contributed by atoms with E-state index in [4.69, 9.17) is 11.6 Å². The second-order valence-corrected chi connectivity index (χ2v) is 7.46. The van der Waals surface area contributed by atoms with Crippen molar-refractivity contribution in [2.75, 3.05) is 11.4 Å². The van der Waals surface area contributed by atoms with Gasteiger partial charge in [-0.05, 0) is 37.6 Å². The van der Waals surface area contributed by atoms with Gasteiger partial charge in [0.15, 0.2) is 0 Å². The number of carbonyl (C=O) groups excluding carboxylic acids is 2. The number of carbonyl (C=O) groups is 2. The van der Waals surface area contributed by atoms with Crippen molar-refractivity contribution in [2.45, 2.75) is 32.9 Å². The first-order chi connectivity index (χ1) is 12.9. The van der Waals surface area contributed by atoms with Crippen molar-refractivity contribution in [1.29, 1.82) is 0 Å². The maximum atomic E-state index is 13.4. The molecule has 2 aromatic rings. The largest absolute Gasteiger partial charge is 0.336 e. The minimum Gasteiger partial charge on any atom is -0.336 e. The van der Waals surface area contributed by atoms with Crippen LogP contribution < -0.4 is 4.90 Å². The molecule has 0 spiro atoms. The monoisotopic (exact) mass is 388 g/mol. The highest BCUT2D eigenvalue weighted by molar-refractivity contribution is 6.31. The zero-order valence-corrected chi connectivity index (χ0v) is 16.1. The van der Waals surface area contributed by atoms with E-state index >= 15 is 0 Å². The molecule has 0 N–H and O–H groups in total. The topological polar surface area (TPSA) is 40.6 Å². The Bertz CT molecular complexity index is 841. The van der Waals surface area contributed by atoms with Crippen molar-refractivity contribution in [3.8, 4) is 0 Å². The number of benzene rings is 2. The Labute approximate surface area is 163 Å². The summed E-state index contributed by atoms with van der Waals surface area (Å²) in [6.45, 7) is 4.71. The van der Waals surface area contributed by atoms with Crippen LogP contribution in [-0.4, -0.2) is 29.3 Å². The minimum atomic E-state index is -0.534. The lowest BCUT2D eigenvalue weighted by molar-refractivity contribution is -0.138. The molecule has 0 radical (unpaired) electrons. The van der Waals surface area contributed by atoms with Gasteiger partial charge in [0, 0.05) is 31.2 Å². The van der Waals surface area contributed by atoms with E-state index in [9.17, 15) is 14.0 Å². The molecule has 0 unspecified atom stereocenters. The maximum Gasteiger partial charge on any atom is 0.228 e. The lowest BCUT2D eigenvalue weighted by atomic mass is 10.1. The number of hydrogen-bond donors (Lipinski definition) is 0. The van der Waals surface area contributed by atoms with E-state index in [0.717, 1.165) is 5.56 Å². The summed E-state index contributed by atoms with van der Waals surface area (Å²) in [6.07, 6.45) is 0.145. The van der Waals surface area contributed by atoms with E-state index in [0.29, 0.717) is 12.2 Å². The highest BCUT2D eigenvalue weighted by Crippen LogP contribution is 2.30. The number of anilines is 1. The van der Waals surface area contributed by atoms with Crippen LogP contribution in [0.4, 0.5) is 10.1 Å². The molecule has 1 saturated heterocycles. The molecule has 142 valence electrons. The van der Waals surface area contributed by atoms with Gasteiger partial charge in [-0.2, -0.15) is 0 Å². The smallest absolute Gasteiger partial charge is 0.228 e. The van der Waals surface area contributed by atoms with E-state index in [1.165, 1.54) is 23.1 Å². The molecule has 1 fully saturated rings. The van der Waals surface area contributed by atoms with Gasteiger partial charge in [-0.3, -0.25) is 9.59 Å². The molecule has 0 saturated carbocycles. The Kier molecular flexibility index (Phi) is 5.80. The van der Waals surface area contributed by atoms with Crippen LogP contribution in [0.15, 0.2) is 48.5 Å². The highest BCUT2D eigenvalue weighted by atomic mass is 35.5. The van der Waals surface area contributed by atoms with Gasteiger partial charge in [0.1, 0.15) is 5.82 Å². The third kappa shape index (κ3) is 4.30. The van der Waals surface area contributed by atoms with Gasteiger partial charge in [0.2, 0.25) is 11.8 Å². The van der Waals surface area contributed by atoms with Crippen molar-refractivity contribution in [2.24, 2.45) is 5.92 Å². The summed E-state index contributed by atoms with van der Waals surface area (Å²) in [5.74, 6) is -1.15. The van der Waals surface area contributed by atoms with E-state index in [1.54, 1.807) is 4.90 Å². The number of halogens is 2. The average molecular weight is 389 g/mol. The summed E-state index contributed by atoms with van der Waals surface area (Å²) in [6, 6.07) is 14.0. The molecule has 6 heteroatoms. The van der Waals surface area contributed by atoms with E-state index in [1.807, 2.05) is 44.2 Å². The van der Waals surface area contributed by atoms with Crippen molar-refractivity contribution < 1.29 is 14.0 Å². The molecule has 1 heterocycles. The molecule has 0 aliphatic carbocycles. The molecule has 3 rings (SSSR count). The van der Waals surface area contributed by atoms with Gasteiger partial charge in [-0.1, -0.05) is 41.9 Å². The number of rotatable bonds is 5. The molecule has 1 atom stereocenters. The predicted molar refractivity (Wildman–Crippen MR) is 104 cm³/mol. The molecule has 0 bridgehead atoms. The van der Waals surface area contributed by atoms with Gasteiger partial charge in [0.25, 0.3) is 0 Å². The third-order valence-corrected chi connectivity index (χ3v) is 5.08. The van der Waals surface area contributed by atoms with Gasteiger partial charge < -0.3 is 9.80 Å². The Balaban J connectivity index is 1.76. The van der Waals surface area contributed by atoms with Crippen LogP contribution in [0.25, 0.3) is 0 Å². The van der Waals surface area contributed by atoms with Gasteiger partial charge in [-0.25, -0.2) is 4.39 Å². The van der Waals surface area contributed by atoms with E-state index in [-0.39, 0.29) is 35.8 Å². The minimum absolute atomic E-state index is 0.0159. The van der Waals surface area contributed by atoms with E-state index in [2.05, 4.69) is 0 Å². The number of amides is 2. The molecule has 2 aromatic carbocycles. The first-order valence-electron chi connectivity index (χ1n) is 8.96. The van der Waals surface area contributed by atoms with Gasteiger partial charge in [-0.15, -0.1) is 0 Å². The summed E-state index contributed by atoms with van der Waals surface area (Å²) in [7, 11) is 0. The van der Waals surface area contributed by atoms with Crippen LogP contribution in [0.3, 0.4) is 0 Å². The van der Waals surface area contributed by atoms with Gasteiger partial charge >= 0.3 is 0 Å². The predicted octanol–water partition coefficient (Wildman–Crippen LogP) is 4.27. The van der Waals surface area contributed by atoms with Crippen LogP contribution in [0, 0.1) is 11.7 Å². The van der Waals surface area contributed by atoms with Crippen molar-refractivity contribution in [3.05, 3.63) is 64.9 Å². The molecule has 1 aliphatic rings. The van der Waals surface area contributed by atoms with Crippen LogP contribution in [0.5, 0.6) is 0 Å². The van der Waals surface area contributed by atoms with Gasteiger partial charge in [0.05, 0.1) is 10.9 Å². The second-order valence-electron chi connectivity index (χ2n) is 7.05. The standard InChI is InChI=1S/C21H22ClFN2O2/c1-14(2)24(12-15-6-4-3-5-7-15)21(27)16-10-20(26)25(13-16)17-8-9-19(23)18(22)11-17/h3-9,11,14,16H,10,12-13H2,1-2H3/t16-/m0/s1. The van der Waals surface area contributed by atoms with Crippen LogP contribution in [0.2, 0.25) is 5.02 Å². The summed E-state index contributed by atoms with van der Waals surface area (Å²) in [5.41, 5.74) is 1.56. The number of nitrogens with zero attached hydrogens (tertiary/aromatic N) is 2. The van der Waals surface area contributed by atoms with Crippen LogP contribution in [0.1, 0.15) is 25.8 Å². The molecular formula is C21H22ClFN2O2. The third-order valence-electron chi connectivity index (χ3n) is 4.79. The summed E-state index contributed by atoms with van der Waals surface area (Å²) in [5, 5.41) is -0.0389. The fraction of sp³-hybridized carbons (Fsp3) is 0.333. The SMILES string of the molecule is CC(C)N(Cc1ccccc1)C(=O)[C@H]1CC(=O)N(c2ccc(F)c(Cl)c2)C1. The second kappa shape index (κ2) is 8.09. The lowest BCUT2D eigenvalue weighted by Crippen LogP contribution is -2.41. The Morgan fingerprint density at radius 3 is 2.59 bits per heavy atom. The Hall–Kier alpha value is -2.40. The van der Waals surface area contributed by atoms with Crippen molar-refractivity contribution in [3.63, 3.8) is 0 Å². The highest BCUT2D eigenvalue weighted by Gasteiger charge is 2.38. The molecule has 27 heavy (non-hydrogen) atoms. The molecule has 4 nitrogen and oxygen atoms in total. The van der Waals surface area contributed by atoms with Crippen LogP contribution >= 0.6 is 11.6 Å². The zero-order valence-electron chi connectivity index (χ0n) is 15.4. The normalized spacial score (nSPS) is 16.9. The molecule has 1 aliphatic heterocycles. The maximum absolute atomic E-state index is 13.4. The summed E-state index contributed by atoms with van der Waals surface area (Å²) >= 11 is 5.83. The molecule has 0 aromatic heterocycles. The van der Waals surface area contributed by atoms with Crippen molar-refractivity contribution >= 4 is 29.1 Å². The fourth-order valence-corrected chi connectivity index (χ4v) is 3.48. The summed E-state index contributed by atoms with van der Waals surface area (Å²) in [4.78, 5) is 28.9. The quantitative estimate of drug-likeness (QED) is 0.767. The Morgan fingerprint density at radius 2 is 1.96 bits per heavy atom. The molecular weight excluding hydrogens is 367 g/mol. The lowest BCUT2D eigenvalue weighted by Gasteiger charge is -2.29. The Morgan fingerprint density at radius 1 is 1.26 bits per heavy atom. The first kappa shape index (κ1) is 19.4. The number of hydrogen-bond acceptors (Lipinski definition) is 2. The zero-order chi connectivity index (χ0) is 19.6. The average Bonchev–Trinajstić information content (AvgIpc) is 3.04. The summed E-state index contributed by atoms with van der Waals surface area (Å²) < 4.78 is 13.4. The fourth-order valence-electron chi connectivity index (χ4n) is 3.31. The first-order valence-corrected chi connectivity index (χ1v) is 9.34. The molecule has 2 amide bonds.